The summed E-state index contributed by atoms with van der Waals surface area (Å²) >= 11 is 0. The molecule has 0 fully saturated rings. The largest absolute Gasteiger partial charge is 0.294 e. The lowest BCUT2D eigenvalue weighted by molar-refractivity contribution is -0.743. The molecule has 0 saturated carbocycles. The van der Waals surface area contributed by atoms with E-state index < -0.39 is 0 Å². The lowest BCUT2D eigenvalue weighted by Gasteiger charge is -2.22. The van der Waals surface area contributed by atoms with Crippen LogP contribution in [0.2, 0.25) is 0 Å². The van der Waals surface area contributed by atoms with Gasteiger partial charge >= 0.3 is 0 Å². The minimum atomic E-state index is -0.0438. The fraction of sp³-hybridized carbons (Fsp3) is 0.382. The first-order chi connectivity index (χ1) is 16.9. The van der Waals surface area contributed by atoms with Crippen LogP contribution in [0.3, 0.4) is 0 Å². The molecule has 0 spiro atoms. The average Bonchev–Trinajstić information content (AvgIpc) is 3.23. The Kier molecular flexibility index (Phi) is 7.01. The van der Waals surface area contributed by atoms with E-state index in [1.54, 1.807) is 0 Å². The molecule has 1 heterocycles. The normalized spacial score (nSPS) is 12.1. The Morgan fingerprint density at radius 1 is 0.722 bits per heavy atom. The summed E-state index contributed by atoms with van der Waals surface area (Å²) in [6, 6.07) is 20.5. The molecule has 0 radical (unpaired) electrons. The van der Waals surface area contributed by atoms with E-state index in [0.717, 1.165) is 0 Å². The van der Waals surface area contributed by atoms with Crippen LogP contribution >= 0.6 is 0 Å². The van der Waals surface area contributed by atoms with Gasteiger partial charge in [-0.25, -0.2) is 4.57 Å². The predicted octanol–water partition coefficient (Wildman–Crippen LogP) is 9.03. The van der Waals surface area contributed by atoms with Crippen LogP contribution in [0.1, 0.15) is 88.1 Å². The molecule has 0 atom stereocenters. The smallest absolute Gasteiger partial charge is 0.225 e. The molecule has 0 saturated heterocycles. The molecule has 4 rings (SSSR count). The van der Waals surface area contributed by atoms with E-state index in [2.05, 4.69) is 145 Å². The van der Waals surface area contributed by atoms with Gasteiger partial charge < -0.3 is 0 Å². The lowest BCUT2D eigenvalue weighted by Crippen LogP contribution is -2.50. The molecule has 4 aromatic rings. The first-order valence-electron chi connectivity index (χ1n) is 13.4. The van der Waals surface area contributed by atoms with Crippen molar-refractivity contribution in [3.63, 3.8) is 0 Å². The molecular formula is C34H43N2+. The van der Waals surface area contributed by atoms with Gasteiger partial charge in [0, 0.05) is 11.1 Å². The molecule has 36 heavy (non-hydrogen) atoms. The zero-order valence-electron chi connectivity index (χ0n) is 23.9. The van der Waals surface area contributed by atoms with Crippen LogP contribution in [0.15, 0.2) is 67.0 Å². The molecular weight excluding hydrogens is 436 g/mol. The minimum Gasteiger partial charge on any atom is -0.225 e. The highest BCUT2D eigenvalue weighted by Gasteiger charge is 2.32. The van der Waals surface area contributed by atoms with Gasteiger partial charge in [-0.15, -0.1) is 0 Å². The third-order valence-electron chi connectivity index (χ3n) is 7.28. The quantitative estimate of drug-likeness (QED) is 0.252. The lowest BCUT2D eigenvalue weighted by atomic mass is 9.87. The van der Waals surface area contributed by atoms with Crippen LogP contribution in [0.4, 0.5) is 0 Å². The molecule has 1 aromatic heterocycles. The van der Waals surface area contributed by atoms with Crippen molar-refractivity contribution in [3.8, 4) is 28.2 Å². The van der Waals surface area contributed by atoms with Crippen molar-refractivity contribution >= 4 is 0 Å². The Labute approximate surface area is 218 Å². The maximum atomic E-state index is 2.46. The van der Waals surface area contributed by atoms with Crippen LogP contribution in [0, 0.1) is 20.8 Å². The fourth-order valence-electron chi connectivity index (χ4n) is 5.33. The number of benzene rings is 3. The Bertz CT molecular complexity index is 1360. The van der Waals surface area contributed by atoms with Gasteiger partial charge in [0.2, 0.25) is 0 Å². The number of aryl methyl sites for hydroxylation is 3. The molecule has 2 nitrogen and oxygen atoms in total. The van der Waals surface area contributed by atoms with Crippen molar-refractivity contribution in [1.82, 2.24) is 4.57 Å². The number of hydrogen-bond donors (Lipinski definition) is 0. The molecule has 3 aromatic carbocycles. The maximum Gasteiger partial charge on any atom is 0.294 e. The second-order valence-electron chi connectivity index (χ2n) is 12.0. The first-order valence-corrected chi connectivity index (χ1v) is 13.4. The van der Waals surface area contributed by atoms with Crippen molar-refractivity contribution in [3.05, 3.63) is 94.8 Å². The molecule has 0 aliphatic heterocycles. The summed E-state index contributed by atoms with van der Waals surface area (Å²) in [4.78, 5) is 0. The molecule has 0 aliphatic carbocycles. The SMILES string of the molecule is Cc1ccc(-c2cc(C(C)C)c(-n3cc[n+](C(C)(C)C)c3-c3ccccc3C)c(C(C)C)c2)c(C)c1. The van der Waals surface area contributed by atoms with Crippen LogP contribution in [-0.4, -0.2) is 4.57 Å². The zero-order chi connectivity index (χ0) is 26.4. The first kappa shape index (κ1) is 25.9. The van der Waals surface area contributed by atoms with Crippen molar-refractivity contribution < 1.29 is 4.57 Å². The Hall–Kier alpha value is -3.13. The van der Waals surface area contributed by atoms with E-state index in [1.807, 2.05) is 0 Å². The molecule has 0 unspecified atom stereocenters. The van der Waals surface area contributed by atoms with Crippen molar-refractivity contribution in [2.24, 2.45) is 0 Å². The van der Waals surface area contributed by atoms with Crippen LogP contribution in [-0.2, 0) is 5.54 Å². The molecule has 0 bridgehead atoms. The van der Waals surface area contributed by atoms with Crippen LogP contribution in [0.25, 0.3) is 28.2 Å². The van der Waals surface area contributed by atoms with Crippen molar-refractivity contribution in [2.75, 3.05) is 0 Å². The van der Waals surface area contributed by atoms with Gasteiger partial charge in [-0.3, -0.25) is 0 Å². The van der Waals surface area contributed by atoms with E-state index in [4.69, 9.17) is 0 Å². The van der Waals surface area contributed by atoms with E-state index in [-0.39, 0.29) is 5.54 Å². The Balaban J connectivity index is 2.09. The van der Waals surface area contributed by atoms with E-state index >= 15 is 0 Å². The average molecular weight is 480 g/mol. The summed E-state index contributed by atoms with van der Waals surface area (Å²) in [6.07, 6.45) is 4.53. The monoisotopic (exact) mass is 479 g/mol. The van der Waals surface area contributed by atoms with E-state index in [0.29, 0.717) is 11.8 Å². The summed E-state index contributed by atoms with van der Waals surface area (Å²) in [5.41, 5.74) is 11.9. The van der Waals surface area contributed by atoms with E-state index in [9.17, 15) is 0 Å². The Morgan fingerprint density at radius 2 is 1.33 bits per heavy atom. The second-order valence-corrected chi connectivity index (χ2v) is 12.0. The van der Waals surface area contributed by atoms with Crippen LogP contribution in [0.5, 0.6) is 0 Å². The Morgan fingerprint density at radius 3 is 1.86 bits per heavy atom. The van der Waals surface area contributed by atoms with Gasteiger partial charge in [-0.2, -0.15) is 4.57 Å². The summed E-state index contributed by atoms with van der Waals surface area (Å²) < 4.78 is 4.89. The van der Waals surface area contributed by atoms with E-state index in [1.165, 1.54) is 56.0 Å². The summed E-state index contributed by atoms with van der Waals surface area (Å²) in [6.45, 7) is 22.8. The molecule has 0 amide bonds. The van der Waals surface area contributed by atoms with Gasteiger partial charge in [0.05, 0.1) is 5.56 Å². The highest BCUT2D eigenvalue weighted by molar-refractivity contribution is 5.73. The molecule has 0 N–H and O–H groups in total. The summed E-state index contributed by atoms with van der Waals surface area (Å²) in [5, 5.41) is 0. The van der Waals surface area contributed by atoms with Gasteiger partial charge in [0.15, 0.2) is 0 Å². The van der Waals surface area contributed by atoms with Crippen molar-refractivity contribution in [2.45, 2.75) is 86.6 Å². The van der Waals surface area contributed by atoms with Crippen LogP contribution < -0.4 is 4.57 Å². The van der Waals surface area contributed by atoms with Gasteiger partial charge in [0.25, 0.3) is 5.82 Å². The fourth-order valence-corrected chi connectivity index (χ4v) is 5.33. The number of nitrogens with zero attached hydrogens (tertiary/aromatic N) is 2. The zero-order valence-corrected chi connectivity index (χ0v) is 23.9. The summed E-state index contributed by atoms with van der Waals surface area (Å²) in [7, 11) is 0. The highest BCUT2D eigenvalue weighted by atomic mass is 15.2. The van der Waals surface area contributed by atoms with Gasteiger partial charge in [0.1, 0.15) is 23.6 Å². The number of hydrogen-bond acceptors (Lipinski definition) is 0. The molecule has 188 valence electrons. The number of imidazole rings is 1. The third kappa shape index (κ3) is 4.78. The second kappa shape index (κ2) is 9.73. The van der Waals surface area contributed by atoms with Crippen molar-refractivity contribution in [1.29, 1.82) is 0 Å². The minimum absolute atomic E-state index is 0.0438. The molecule has 2 heteroatoms. The topological polar surface area (TPSA) is 8.81 Å². The predicted molar refractivity (Wildman–Crippen MR) is 154 cm³/mol. The number of rotatable bonds is 5. The standard InChI is InChI=1S/C34H43N2/c1-22(2)30-20-27(28-16-15-24(5)19-26(28)7)21-31(23(3)4)32(30)35-17-18-36(34(8,9)10)33(35)29-14-12-11-13-25(29)6/h11-23H,1-10H3/q+1. The number of aromatic nitrogens is 2. The van der Waals surface area contributed by atoms with Gasteiger partial charge in [-0.1, -0.05) is 69.7 Å². The summed E-state index contributed by atoms with van der Waals surface area (Å²) in [5.74, 6) is 2.01. The maximum absolute atomic E-state index is 2.46. The third-order valence-corrected chi connectivity index (χ3v) is 7.28. The van der Waals surface area contributed by atoms with Gasteiger partial charge in [-0.05, 0) is 93.8 Å². The molecule has 0 aliphatic rings. The highest BCUT2D eigenvalue weighted by Crippen LogP contribution is 2.39.